The van der Waals surface area contributed by atoms with Crippen LogP contribution < -0.4 is 0 Å². The molecule has 57 heavy (non-hydrogen) atoms. The van der Waals surface area contributed by atoms with Crippen LogP contribution in [0.5, 0.6) is 0 Å². The maximum Gasteiger partial charge on any atom is 0.306 e. The van der Waals surface area contributed by atoms with Gasteiger partial charge in [0.05, 0.1) is 0 Å². The van der Waals surface area contributed by atoms with Crippen molar-refractivity contribution in [2.24, 2.45) is 0 Å². The summed E-state index contributed by atoms with van der Waals surface area (Å²) in [6.07, 6.45) is 53.8. The van der Waals surface area contributed by atoms with Crippen molar-refractivity contribution in [1.29, 1.82) is 0 Å². The molecule has 1 atom stereocenters. The fraction of sp³-hybridized carbons (Fsp3) is 0.784. The van der Waals surface area contributed by atoms with Crippen molar-refractivity contribution in [3.8, 4) is 0 Å². The first-order valence-corrected chi connectivity index (χ1v) is 24.1. The number of carbonyl (C=O) groups is 3. The van der Waals surface area contributed by atoms with Crippen molar-refractivity contribution in [2.45, 2.75) is 245 Å². The molecule has 0 amide bonds. The van der Waals surface area contributed by atoms with Crippen LogP contribution in [0.25, 0.3) is 0 Å². The third-order valence-corrected chi connectivity index (χ3v) is 10.3. The van der Waals surface area contributed by atoms with Crippen LogP contribution >= 0.6 is 0 Å². The number of allylic oxidation sites excluding steroid dienone is 8. The van der Waals surface area contributed by atoms with Crippen LogP contribution in [-0.4, -0.2) is 37.2 Å². The summed E-state index contributed by atoms with van der Waals surface area (Å²) in [5.41, 5.74) is 0. The number of esters is 3. The molecule has 0 fully saturated rings. The number of carbonyl (C=O) groups excluding carboxylic acids is 3. The van der Waals surface area contributed by atoms with Gasteiger partial charge in [0.2, 0.25) is 0 Å². The van der Waals surface area contributed by atoms with Gasteiger partial charge in [-0.25, -0.2) is 0 Å². The normalized spacial score (nSPS) is 12.4. The topological polar surface area (TPSA) is 78.9 Å². The minimum Gasteiger partial charge on any atom is -0.462 e. The number of hydrogen-bond acceptors (Lipinski definition) is 6. The molecule has 0 aromatic carbocycles. The van der Waals surface area contributed by atoms with E-state index >= 15 is 0 Å². The van der Waals surface area contributed by atoms with Crippen molar-refractivity contribution < 1.29 is 28.6 Å². The van der Waals surface area contributed by atoms with Gasteiger partial charge in [-0.15, -0.1) is 0 Å². The van der Waals surface area contributed by atoms with Gasteiger partial charge in [0.25, 0.3) is 0 Å². The Morgan fingerprint density at radius 3 is 1.16 bits per heavy atom. The summed E-state index contributed by atoms with van der Waals surface area (Å²) in [4.78, 5) is 37.8. The quantitative estimate of drug-likeness (QED) is 0.0265. The lowest BCUT2D eigenvalue weighted by molar-refractivity contribution is -0.167. The van der Waals surface area contributed by atoms with Crippen molar-refractivity contribution in [3.05, 3.63) is 48.6 Å². The lowest BCUT2D eigenvalue weighted by Gasteiger charge is -2.18. The molecule has 0 aliphatic carbocycles. The Hall–Kier alpha value is -2.63. The Morgan fingerprint density at radius 2 is 0.719 bits per heavy atom. The van der Waals surface area contributed by atoms with Crippen molar-refractivity contribution in [2.75, 3.05) is 13.2 Å². The highest BCUT2D eigenvalue weighted by Gasteiger charge is 2.19. The zero-order valence-corrected chi connectivity index (χ0v) is 37.6. The van der Waals surface area contributed by atoms with Gasteiger partial charge in [-0.05, 0) is 70.6 Å². The van der Waals surface area contributed by atoms with Crippen LogP contribution in [0.2, 0.25) is 0 Å². The van der Waals surface area contributed by atoms with E-state index in [1.165, 1.54) is 89.9 Å². The molecule has 0 saturated carbocycles. The highest BCUT2D eigenvalue weighted by molar-refractivity contribution is 5.71. The second-order valence-electron chi connectivity index (χ2n) is 16.0. The molecular weight excluding hydrogens is 709 g/mol. The molecule has 0 aromatic rings. The summed E-state index contributed by atoms with van der Waals surface area (Å²) in [5, 5.41) is 0. The molecule has 0 N–H and O–H groups in total. The molecule has 0 saturated heterocycles. The molecule has 1 unspecified atom stereocenters. The Labute approximate surface area is 352 Å². The maximum atomic E-state index is 12.7. The van der Waals surface area contributed by atoms with E-state index < -0.39 is 6.10 Å². The van der Waals surface area contributed by atoms with E-state index in [0.29, 0.717) is 19.3 Å². The fourth-order valence-electron chi connectivity index (χ4n) is 6.69. The van der Waals surface area contributed by atoms with E-state index in [0.717, 1.165) is 109 Å². The first kappa shape index (κ1) is 54.4. The second-order valence-corrected chi connectivity index (χ2v) is 16.0. The van der Waals surface area contributed by atoms with E-state index in [4.69, 9.17) is 14.2 Å². The molecule has 0 rings (SSSR count). The average molecular weight is 799 g/mol. The minimum atomic E-state index is -0.778. The first-order chi connectivity index (χ1) is 28.0. The number of rotatable bonds is 43. The average Bonchev–Trinajstić information content (AvgIpc) is 3.21. The molecule has 6 heteroatoms. The van der Waals surface area contributed by atoms with Crippen LogP contribution in [0.15, 0.2) is 48.6 Å². The number of hydrogen-bond donors (Lipinski definition) is 0. The van der Waals surface area contributed by atoms with E-state index in [9.17, 15) is 14.4 Å². The Morgan fingerprint density at radius 1 is 0.368 bits per heavy atom. The lowest BCUT2D eigenvalue weighted by atomic mass is 10.0. The zero-order valence-electron chi connectivity index (χ0n) is 37.6. The second kappa shape index (κ2) is 46.1. The lowest BCUT2D eigenvalue weighted by Crippen LogP contribution is -2.30. The number of ether oxygens (including phenoxy) is 3. The molecule has 0 aromatic heterocycles. The monoisotopic (exact) mass is 799 g/mol. The van der Waals surface area contributed by atoms with E-state index in [2.05, 4.69) is 69.4 Å². The van der Waals surface area contributed by atoms with E-state index in [1.54, 1.807) is 0 Å². The predicted octanol–water partition coefficient (Wildman–Crippen LogP) is 15.5. The summed E-state index contributed by atoms with van der Waals surface area (Å²) in [5.74, 6) is -0.905. The van der Waals surface area contributed by atoms with Crippen LogP contribution in [0.1, 0.15) is 239 Å². The molecular formula is C51H90O6. The Kier molecular flexibility index (Phi) is 43.9. The van der Waals surface area contributed by atoms with Gasteiger partial charge in [0.1, 0.15) is 13.2 Å². The molecule has 330 valence electrons. The van der Waals surface area contributed by atoms with Crippen molar-refractivity contribution >= 4 is 17.9 Å². The van der Waals surface area contributed by atoms with Crippen LogP contribution in [0.3, 0.4) is 0 Å². The third-order valence-electron chi connectivity index (χ3n) is 10.3. The third kappa shape index (κ3) is 44.3. The fourth-order valence-corrected chi connectivity index (χ4v) is 6.69. The summed E-state index contributed by atoms with van der Waals surface area (Å²) in [6, 6.07) is 0. The van der Waals surface area contributed by atoms with Gasteiger partial charge >= 0.3 is 17.9 Å². The van der Waals surface area contributed by atoms with Gasteiger partial charge in [-0.1, -0.05) is 198 Å². The largest absolute Gasteiger partial charge is 0.462 e. The van der Waals surface area contributed by atoms with Crippen LogP contribution in [0, 0.1) is 0 Å². The van der Waals surface area contributed by atoms with Crippen molar-refractivity contribution in [1.82, 2.24) is 0 Å². The molecule has 0 aliphatic heterocycles. The van der Waals surface area contributed by atoms with Gasteiger partial charge in [0, 0.05) is 19.3 Å². The highest BCUT2D eigenvalue weighted by atomic mass is 16.6. The highest BCUT2D eigenvalue weighted by Crippen LogP contribution is 2.15. The van der Waals surface area contributed by atoms with Crippen molar-refractivity contribution in [3.63, 3.8) is 0 Å². The van der Waals surface area contributed by atoms with E-state index in [1.807, 2.05) is 0 Å². The molecule has 6 nitrogen and oxygen atoms in total. The zero-order chi connectivity index (χ0) is 41.5. The molecule has 0 aliphatic rings. The van der Waals surface area contributed by atoms with E-state index in [-0.39, 0.29) is 31.1 Å². The Balaban J connectivity index is 4.38. The summed E-state index contributed by atoms with van der Waals surface area (Å²) < 4.78 is 16.7. The molecule has 0 spiro atoms. The molecule has 0 bridgehead atoms. The molecule has 0 radical (unpaired) electrons. The standard InChI is InChI=1S/C51H90O6/c1-4-7-10-13-16-19-22-24-26-28-29-32-35-38-41-44-50(53)56-47-48(46-55-49(52)43-40-37-34-31-21-18-15-12-9-6-3)57-51(54)45-42-39-36-33-30-27-25-23-20-17-14-11-8-5-2/h7,10,12,15-16,19,24,26,48H,4-6,8-9,11,13-14,17-18,20-23,25,27-47H2,1-3H3/b10-7-,15-12-,19-16-,26-24-. The minimum absolute atomic E-state index is 0.0816. The predicted molar refractivity (Wildman–Crippen MR) is 242 cm³/mol. The van der Waals surface area contributed by atoms with Gasteiger partial charge < -0.3 is 14.2 Å². The van der Waals surface area contributed by atoms with Gasteiger partial charge in [0.15, 0.2) is 6.10 Å². The summed E-state index contributed by atoms with van der Waals surface area (Å²) in [6.45, 7) is 6.44. The number of unbranched alkanes of at least 4 members (excludes halogenated alkanes) is 24. The smallest absolute Gasteiger partial charge is 0.306 e. The molecule has 0 heterocycles. The van der Waals surface area contributed by atoms with Gasteiger partial charge in [-0.3, -0.25) is 14.4 Å². The maximum absolute atomic E-state index is 12.7. The Bertz CT molecular complexity index is 1010. The first-order valence-electron chi connectivity index (χ1n) is 24.1. The van der Waals surface area contributed by atoms with Crippen LogP contribution in [0.4, 0.5) is 0 Å². The summed E-state index contributed by atoms with van der Waals surface area (Å²) >= 11 is 0. The van der Waals surface area contributed by atoms with Gasteiger partial charge in [-0.2, -0.15) is 0 Å². The SMILES string of the molecule is CC/C=C\C/C=C\C/C=C\CCCCCCCC(=O)OCC(COC(=O)CCCCCCC/C=C\CCC)OC(=O)CCCCCCCCCCCCCCCC. The van der Waals surface area contributed by atoms with Crippen LogP contribution in [-0.2, 0) is 28.6 Å². The summed E-state index contributed by atoms with van der Waals surface area (Å²) in [7, 11) is 0.